The topological polar surface area (TPSA) is 64.6 Å². The first kappa shape index (κ1) is 17.4. The van der Waals surface area contributed by atoms with E-state index in [4.69, 9.17) is 9.47 Å². The lowest BCUT2D eigenvalue weighted by Crippen LogP contribution is -2.31. The van der Waals surface area contributed by atoms with Gasteiger partial charge in [-0.3, -0.25) is 9.59 Å². The first-order valence-corrected chi connectivity index (χ1v) is 8.92. The van der Waals surface area contributed by atoms with Crippen LogP contribution in [0.25, 0.3) is 0 Å². The smallest absolute Gasteiger partial charge is 0.307 e. The molecule has 3 rings (SSSR count). The molecule has 1 aliphatic heterocycles. The van der Waals surface area contributed by atoms with Crippen molar-refractivity contribution in [3.63, 3.8) is 0 Å². The number of thioether (sulfide) groups is 1. The zero-order chi connectivity index (χ0) is 17.6. The molecule has 0 saturated heterocycles. The zero-order valence-corrected chi connectivity index (χ0v) is 14.7. The molecular formula is C19H19NO4S. The van der Waals surface area contributed by atoms with Crippen LogP contribution >= 0.6 is 11.8 Å². The Morgan fingerprint density at radius 2 is 1.88 bits per heavy atom. The minimum Gasteiger partial charge on any atom is -0.490 e. The van der Waals surface area contributed by atoms with Crippen molar-refractivity contribution < 1.29 is 19.1 Å². The maximum absolute atomic E-state index is 12.1. The number of carbonyl (C=O) groups is 2. The van der Waals surface area contributed by atoms with Crippen LogP contribution in [0.15, 0.2) is 53.4 Å². The van der Waals surface area contributed by atoms with Gasteiger partial charge in [0, 0.05) is 4.90 Å². The van der Waals surface area contributed by atoms with Crippen molar-refractivity contribution in [3.05, 3.63) is 54.1 Å². The largest absolute Gasteiger partial charge is 0.490 e. The normalized spacial score (nSPS) is 15.9. The molecule has 6 heteroatoms. The van der Waals surface area contributed by atoms with E-state index < -0.39 is 11.2 Å². The second-order valence-corrected chi connectivity index (χ2v) is 6.88. The Kier molecular flexibility index (Phi) is 5.60. The second kappa shape index (κ2) is 8.07. The van der Waals surface area contributed by atoms with E-state index in [1.54, 1.807) is 0 Å². The van der Waals surface area contributed by atoms with Crippen molar-refractivity contribution in [3.8, 4) is 5.75 Å². The highest BCUT2D eigenvalue weighted by molar-refractivity contribution is 8.01. The minimum absolute atomic E-state index is 0.0369. The third-order valence-electron chi connectivity index (χ3n) is 3.76. The van der Waals surface area contributed by atoms with Crippen LogP contribution in [0.4, 0.5) is 5.69 Å². The van der Waals surface area contributed by atoms with Crippen molar-refractivity contribution in [1.82, 2.24) is 0 Å². The third-order valence-corrected chi connectivity index (χ3v) is 5.03. The van der Waals surface area contributed by atoms with Gasteiger partial charge in [0.25, 0.3) is 0 Å². The summed E-state index contributed by atoms with van der Waals surface area (Å²) in [5.41, 5.74) is 1.82. The number of benzene rings is 2. The summed E-state index contributed by atoms with van der Waals surface area (Å²) in [7, 11) is 0. The molecule has 0 saturated carbocycles. The Labute approximate surface area is 150 Å². The molecule has 0 unspecified atom stereocenters. The fourth-order valence-corrected chi connectivity index (χ4v) is 3.56. The van der Waals surface area contributed by atoms with Crippen LogP contribution in [0.1, 0.15) is 12.0 Å². The molecule has 1 heterocycles. The van der Waals surface area contributed by atoms with E-state index in [0.717, 1.165) is 21.9 Å². The SMILES string of the molecule is Cc1ccccc1OCCOC(=O)C[C@@H]1Sc2ccccc2NC1=O. The van der Waals surface area contributed by atoms with Gasteiger partial charge in [-0.1, -0.05) is 30.3 Å². The molecule has 1 aliphatic rings. The first-order valence-electron chi connectivity index (χ1n) is 8.04. The van der Waals surface area contributed by atoms with Gasteiger partial charge in [-0.25, -0.2) is 0 Å². The summed E-state index contributed by atoms with van der Waals surface area (Å²) in [5.74, 6) is 0.203. The molecule has 0 radical (unpaired) electrons. The molecule has 130 valence electrons. The number of nitrogens with one attached hydrogen (secondary N) is 1. The number of ether oxygens (including phenoxy) is 2. The van der Waals surface area contributed by atoms with Crippen molar-refractivity contribution in [1.29, 1.82) is 0 Å². The quantitative estimate of drug-likeness (QED) is 0.634. The molecular weight excluding hydrogens is 338 g/mol. The van der Waals surface area contributed by atoms with Crippen molar-refractivity contribution in [2.45, 2.75) is 23.5 Å². The average Bonchev–Trinajstić information content (AvgIpc) is 2.61. The van der Waals surface area contributed by atoms with Gasteiger partial charge >= 0.3 is 5.97 Å². The van der Waals surface area contributed by atoms with Gasteiger partial charge in [-0.2, -0.15) is 0 Å². The molecule has 0 aliphatic carbocycles. The summed E-state index contributed by atoms with van der Waals surface area (Å²) in [6.07, 6.45) is 0.0369. The number of fused-ring (bicyclic) bond motifs is 1. The monoisotopic (exact) mass is 357 g/mol. The summed E-state index contributed by atoms with van der Waals surface area (Å²) in [6, 6.07) is 15.2. The second-order valence-electron chi connectivity index (χ2n) is 5.63. The molecule has 0 fully saturated rings. The maximum atomic E-state index is 12.1. The molecule has 0 bridgehead atoms. The van der Waals surface area contributed by atoms with Crippen LogP contribution in [-0.4, -0.2) is 30.3 Å². The van der Waals surface area contributed by atoms with Gasteiger partial charge in [0.15, 0.2) is 0 Å². The van der Waals surface area contributed by atoms with Crippen LogP contribution in [-0.2, 0) is 14.3 Å². The summed E-state index contributed by atoms with van der Waals surface area (Å²) in [4.78, 5) is 25.0. The maximum Gasteiger partial charge on any atom is 0.307 e. The Bertz CT molecular complexity index is 778. The van der Waals surface area contributed by atoms with Crippen molar-refractivity contribution in [2.75, 3.05) is 18.5 Å². The van der Waals surface area contributed by atoms with E-state index in [2.05, 4.69) is 5.32 Å². The molecule has 1 amide bonds. The van der Waals surface area contributed by atoms with Crippen molar-refractivity contribution >= 4 is 29.3 Å². The van der Waals surface area contributed by atoms with E-state index in [1.165, 1.54) is 11.8 Å². The van der Waals surface area contributed by atoms with Crippen LogP contribution in [0.2, 0.25) is 0 Å². The lowest BCUT2D eigenvalue weighted by Gasteiger charge is -2.23. The van der Waals surface area contributed by atoms with Gasteiger partial charge in [0.1, 0.15) is 19.0 Å². The Hall–Kier alpha value is -2.47. The van der Waals surface area contributed by atoms with Crippen LogP contribution in [0.5, 0.6) is 5.75 Å². The summed E-state index contributed by atoms with van der Waals surface area (Å²) in [6.45, 7) is 2.39. The van der Waals surface area contributed by atoms with Crippen LogP contribution < -0.4 is 10.1 Å². The van der Waals surface area contributed by atoms with Crippen LogP contribution in [0.3, 0.4) is 0 Å². The number of amides is 1. The van der Waals surface area contributed by atoms with E-state index in [1.807, 2.05) is 55.5 Å². The summed E-state index contributed by atoms with van der Waals surface area (Å²) < 4.78 is 10.8. The average molecular weight is 357 g/mol. The van der Waals surface area contributed by atoms with Crippen LogP contribution in [0, 0.1) is 6.92 Å². The molecule has 2 aromatic rings. The molecule has 2 aromatic carbocycles. The number of aryl methyl sites for hydroxylation is 1. The minimum atomic E-state index is -0.473. The molecule has 0 spiro atoms. The Morgan fingerprint density at radius 1 is 1.12 bits per heavy atom. The fraction of sp³-hybridized carbons (Fsp3) is 0.263. The van der Waals surface area contributed by atoms with Gasteiger partial charge in [0.05, 0.1) is 17.4 Å². The molecule has 1 N–H and O–H groups in total. The summed E-state index contributed by atoms with van der Waals surface area (Å²) in [5, 5.41) is 2.35. The fourth-order valence-electron chi connectivity index (χ4n) is 2.46. The number of para-hydroxylation sites is 2. The van der Waals surface area contributed by atoms with E-state index >= 15 is 0 Å². The number of carbonyl (C=O) groups excluding carboxylic acids is 2. The van der Waals surface area contributed by atoms with Crippen molar-refractivity contribution in [2.24, 2.45) is 0 Å². The van der Waals surface area contributed by atoms with E-state index in [-0.39, 0.29) is 25.5 Å². The predicted molar refractivity (Wildman–Crippen MR) is 97.0 cm³/mol. The highest BCUT2D eigenvalue weighted by Gasteiger charge is 2.29. The number of hydrogen-bond acceptors (Lipinski definition) is 5. The Morgan fingerprint density at radius 3 is 2.72 bits per heavy atom. The highest BCUT2D eigenvalue weighted by atomic mass is 32.2. The lowest BCUT2D eigenvalue weighted by atomic mass is 10.2. The highest BCUT2D eigenvalue weighted by Crippen LogP contribution is 2.36. The molecule has 0 aromatic heterocycles. The number of hydrogen-bond donors (Lipinski definition) is 1. The van der Waals surface area contributed by atoms with Gasteiger partial charge in [0.2, 0.25) is 5.91 Å². The lowest BCUT2D eigenvalue weighted by molar-refractivity contribution is -0.145. The van der Waals surface area contributed by atoms with Gasteiger partial charge < -0.3 is 14.8 Å². The van der Waals surface area contributed by atoms with E-state index in [0.29, 0.717) is 0 Å². The number of esters is 1. The predicted octanol–water partition coefficient (Wildman–Crippen LogP) is 3.42. The zero-order valence-electron chi connectivity index (χ0n) is 13.9. The number of rotatable bonds is 6. The van der Waals surface area contributed by atoms with Gasteiger partial charge in [-0.05, 0) is 30.7 Å². The standard InChI is InChI=1S/C19H19NO4S/c1-13-6-2-4-8-15(13)23-10-11-24-18(21)12-17-19(22)20-14-7-3-5-9-16(14)25-17/h2-9,17H,10-12H2,1H3,(H,20,22)/t17-/m0/s1. The third kappa shape index (κ3) is 4.54. The Balaban J connectivity index is 1.44. The first-order chi connectivity index (χ1) is 12.1. The summed E-state index contributed by atoms with van der Waals surface area (Å²) >= 11 is 1.39. The molecule has 25 heavy (non-hydrogen) atoms. The molecule has 5 nitrogen and oxygen atoms in total. The van der Waals surface area contributed by atoms with E-state index in [9.17, 15) is 9.59 Å². The van der Waals surface area contributed by atoms with Gasteiger partial charge in [-0.15, -0.1) is 11.8 Å². The molecule has 1 atom stereocenters. The number of anilines is 1.